The molecule has 0 saturated heterocycles. The minimum atomic E-state index is -0.516. The van der Waals surface area contributed by atoms with E-state index >= 15 is 0 Å². The van der Waals surface area contributed by atoms with Crippen molar-refractivity contribution in [1.82, 2.24) is 19.9 Å². The molecule has 0 aromatic carbocycles. The fraction of sp³-hybridized carbons (Fsp3) is 0.154. The number of ketones is 3. The third kappa shape index (κ3) is 3.58. The number of aromatic nitrogens is 4. The predicted molar refractivity (Wildman–Crippen MR) is 67.0 cm³/mol. The minimum absolute atomic E-state index is 0.0377. The fourth-order valence-electron chi connectivity index (χ4n) is 1.46. The van der Waals surface area contributed by atoms with Crippen LogP contribution >= 0.6 is 0 Å². The summed E-state index contributed by atoms with van der Waals surface area (Å²) in [6, 6.07) is 3.13. The highest BCUT2D eigenvalue weighted by atomic mass is 16.2. The highest BCUT2D eigenvalue weighted by Crippen LogP contribution is 2.02. The largest absolute Gasteiger partial charge is 0.299 e. The average Bonchev–Trinajstić information content (AvgIpc) is 2.49. The van der Waals surface area contributed by atoms with Gasteiger partial charge in [-0.1, -0.05) is 0 Å². The Morgan fingerprint density at radius 3 is 1.40 bits per heavy atom. The average molecular weight is 270 g/mol. The lowest BCUT2D eigenvalue weighted by atomic mass is 10.1. The van der Waals surface area contributed by atoms with Crippen LogP contribution in [0.1, 0.15) is 34.1 Å². The maximum Gasteiger partial charge on any atom is 0.207 e. The summed E-state index contributed by atoms with van der Waals surface area (Å²) in [5.74, 6) is -1.62. The van der Waals surface area contributed by atoms with E-state index in [0.29, 0.717) is 0 Å². The predicted octanol–water partition coefficient (Wildman–Crippen LogP) is 0.682. The summed E-state index contributed by atoms with van der Waals surface area (Å²) < 4.78 is 0. The number of nitrogens with zero attached hydrogens (tertiary/aromatic N) is 4. The summed E-state index contributed by atoms with van der Waals surface area (Å²) in [5, 5.41) is 0. The zero-order chi connectivity index (χ0) is 14.4. The molecule has 2 aromatic rings. The van der Waals surface area contributed by atoms with Crippen LogP contribution in [0.4, 0.5) is 0 Å². The Balaban J connectivity index is 1.93. The molecule has 0 aliphatic carbocycles. The molecule has 0 aliphatic heterocycles. The van der Waals surface area contributed by atoms with Crippen molar-refractivity contribution in [3.05, 3.63) is 48.6 Å². The van der Waals surface area contributed by atoms with Crippen molar-refractivity contribution in [2.24, 2.45) is 0 Å². The van der Waals surface area contributed by atoms with Crippen LogP contribution in [0, 0.1) is 0 Å². The minimum Gasteiger partial charge on any atom is -0.299 e. The first-order valence-electron chi connectivity index (χ1n) is 5.79. The number of hydrogen-bond acceptors (Lipinski definition) is 7. The van der Waals surface area contributed by atoms with Gasteiger partial charge in [0.2, 0.25) is 11.6 Å². The molecule has 0 aliphatic rings. The van der Waals surface area contributed by atoms with Crippen LogP contribution in [0.25, 0.3) is 0 Å². The van der Waals surface area contributed by atoms with Gasteiger partial charge >= 0.3 is 0 Å². The number of carbonyl (C=O) groups excluding carboxylic acids is 3. The zero-order valence-electron chi connectivity index (χ0n) is 10.4. The summed E-state index contributed by atoms with van der Waals surface area (Å²) >= 11 is 0. The molecule has 2 heterocycles. The first-order chi connectivity index (χ1) is 9.66. The standard InChI is InChI=1S/C13H10N4O3/c18-9(7-10(19)12-14-3-1-4-15-12)8-11(20)13-16-5-2-6-17-13/h1-6H,7-8H2. The van der Waals surface area contributed by atoms with Crippen molar-refractivity contribution in [2.45, 2.75) is 12.8 Å². The molecule has 2 rings (SSSR count). The normalized spacial score (nSPS) is 10.0. The van der Waals surface area contributed by atoms with Gasteiger partial charge in [0.15, 0.2) is 11.6 Å². The van der Waals surface area contributed by atoms with Crippen molar-refractivity contribution in [3.8, 4) is 0 Å². The maximum absolute atomic E-state index is 11.7. The summed E-state index contributed by atoms with van der Waals surface area (Å²) in [7, 11) is 0. The molecule has 0 saturated carbocycles. The maximum atomic E-state index is 11.7. The van der Waals surface area contributed by atoms with Crippen molar-refractivity contribution < 1.29 is 14.4 Å². The van der Waals surface area contributed by atoms with E-state index in [1.54, 1.807) is 12.1 Å². The van der Waals surface area contributed by atoms with Gasteiger partial charge in [0, 0.05) is 24.8 Å². The van der Waals surface area contributed by atoms with Crippen LogP contribution < -0.4 is 0 Å². The molecule has 0 radical (unpaired) electrons. The van der Waals surface area contributed by atoms with E-state index < -0.39 is 30.2 Å². The summed E-state index contributed by atoms with van der Waals surface area (Å²) in [6.07, 6.45) is 4.81. The lowest BCUT2D eigenvalue weighted by Gasteiger charge is -1.99. The third-order valence-corrected chi connectivity index (χ3v) is 2.35. The molecule has 0 N–H and O–H groups in total. The van der Waals surface area contributed by atoms with Crippen molar-refractivity contribution in [3.63, 3.8) is 0 Å². The Labute approximate surface area is 114 Å². The van der Waals surface area contributed by atoms with Crippen LogP contribution in [0.15, 0.2) is 36.9 Å². The van der Waals surface area contributed by atoms with Gasteiger partial charge in [-0.3, -0.25) is 14.4 Å². The van der Waals surface area contributed by atoms with Gasteiger partial charge in [0.1, 0.15) is 5.78 Å². The second-order valence-corrected chi connectivity index (χ2v) is 3.88. The molecule has 7 nitrogen and oxygen atoms in total. The van der Waals surface area contributed by atoms with Crippen LogP contribution in [0.2, 0.25) is 0 Å². The Morgan fingerprint density at radius 2 is 1.05 bits per heavy atom. The molecular formula is C13H10N4O3. The second kappa shape index (κ2) is 6.37. The fourth-order valence-corrected chi connectivity index (χ4v) is 1.46. The van der Waals surface area contributed by atoms with Crippen LogP contribution in [-0.4, -0.2) is 37.3 Å². The summed E-state index contributed by atoms with van der Waals surface area (Å²) in [4.78, 5) is 50.0. The van der Waals surface area contributed by atoms with E-state index in [9.17, 15) is 14.4 Å². The second-order valence-electron chi connectivity index (χ2n) is 3.88. The van der Waals surface area contributed by atoms with Gasteiger partial charge in [-0.2, -0.15) is 0 Å². The molecular weight excluding hydrogens is 260 g/mol. The molecule has 0 amide bonds. The van der Waals surface area contributed by atoms with E-state index in [4.69, 9.17) is 0 Å². The van der Waals surface area contributed by atoms with Crippen LogP contribution in [-0.2, 0) is 4.79 Å². The number of rotatable bonds is 6. The summed E-state index contributed by atoms with van der Waals surface area (Å²) in [6.45, 7) is 0. The Kier molecular flexibility index (Phi) is 4.33. The van der Waals surface area contributed by atoms with Crippen molar-refractivity contribution in [1.29, 1.82) is 0 Å². The number of carbonyl (C=O) groups is 3. The molecule has 2 aromatic heterocycles. The van der Waals surface area contributed by atoms with Crippen molar-refractivity contribution >= 4 is 17.3 Å². The number of hydrogen-bond donors (Lipinski definition) is 0. The molecule has 0 unspecified atom stereocenters. The van der Waals surface area contributed by atoms with E-state index in [-0.39, 0.29) is 11.6 Å². The first-order valence-corrected chi connectivity index (χ1v) is 5.79. The highest BCUT2D eigenvalue weighted by Gasteiger charge is 2.18. The highest BCUT2D eigenvalue weighted by molar-refractivity contribution is 6.13. The van der Waals surface area contributed by atoms with Crippen molar-refractivity contribution in [2.75, 3.05) is 0 Å². The van der Waals surface area contributed by atoms with Gasteiger partial charge in [0.25, 0.3) is 0 Å². The zero-order valence-corrected chi connectivity index (χ0v) is 10.4. The van der Waals surface area contributed by atoms with Gasteiger partial charge in [-0.25, -0.2) is 19.9 Å². The van der Waals surface area contributed by atoms with Gasteiger partial charge in [0.05, 0.1) is 12.8 Å². The molecule has 0 spiro atoms. The SMILES string of the molecule is O=C(CC(=O)c1ncccn1)CC(=O)c1ncccn1. The van der Waals surface area contributed by atoms with Crippen LogP contribution in [0.5, 0.6) is 0 Å². The molecule has 0 atom stereocenters. The van der Waals surface area contributed by atoms with Gasteiger partial charge < -0.3 is 0 Å². The van der Waals surface area contributed by atoms with E-state index in [1.807, 2.05) is 0 Å². The first kappa shape index (κ1) is 13.6. The van der Waals surface area contributed by atoms with E-state index in [0.717, 1.165) is 0 Å². The lowest BCUT2D eigenvalue weighted by Crippen LogP contribution is -2.16. The van der Waals surface area contributed by atoms with E-state index in [1.165, 1.54) is 24.8 Å². The smallest absolute Gasteiger partial charge is 0.207 e. The molecule has 7 heteroatoms. The topological polar surface area (TPSA) is 103 Å². The van der Waals surface area contributed by atoms with Gasteiger partial charge in [-0.05, 0) is 12.1 Å². The Hall–Kier alpha value is -2.83. The van der Waals surface area contributed by atoms with Gasteiger partial charge in [-0.15, -0.1) is 0 Å². The Bertz CT molecular complexity index is 573. The van der Waals surface area contributed by atoms with E-state index in [2.05, 4.69) is 19.9 Å². The third-order valence-electron chi connectivity index (χ3n) is 2.35. The monoisotopic (exact) mass is 270 g/mol. The molecule has 0 fully saturated rings. The molecule has 0 bridgehead atoms. The summed E-state index contributed by atoms with van der Waals surface area (Å²) in [5.41, 5.74) is 0. The van der Waals surface area contributed by atoms with Crippen LogP contribution in [0.3, 0.4) is 0 Å². The molecule has 100 valence electrons. The number of Topliss-reactive ketones (excluding diaryl/α,β-unsaturated/α-hetero) is 3. The Morgan fingerprint density at radius 1 is 0.700 bits per heavy atom. The lowest BCUT2D eigenvalue weighted by molar-refractivity contribution is -0.117. The quantitative estimate of drug-likeness (QED) is 0.561. The molecule has 20 heavy (non-hydrogen) atoms.